The van der Waals surface area contributed by atoms with Crippen LogP contribution in [0, 0.1) is 28.6 Å². The lowest BCUT2D eigenvalue weighted by Crippen LogP contribution is -2.62. The van der Waals surface area contributed by atoms with Crippen LogP contribution in [0.25, 0.3) is 0 Å². The number of Topliss-reactive ketones (excluding diaryl/α,β-unsaturated/α-hetero) is 1. The van der Waals surface area contributed by atoms with Crippen molar-refractivity contribution in [2.45, 2.75) is 63.8 Å². The average molecular weight is 372 g/mol. The van der Waals surface area contributed by atoms with Crippen molar-refractivity contribution in [2.24, 2.45) is 28.6 Å². The summed E-state index contributed by atoms with van der Waals surface area (Å²) in [7, 11) is 0. The molecule has 27 heavy (non-hydrogen) atoms. The van der Waals surface area contributed by atoms with E-state index in [1.807, 2.05) is 19.9 Å². The van der Waals surface area contributed by atoms with E-state index in [0.29, 0.717) is 6.42 Å². The summed E-state index contributed by atoms with van der Waals surface area (Å²) in [6.45, 7) is 5.51. The van der Waals surface area contributed by atoms with Crippen LogP contribution >= 0.6 is 0 Å². The number of epoxide rings is 1. The molecular formula is C22H28O5. The van der Waals surface area contributed by atoms with Crippen LogP contribution in [-0.4, -0.2) is 45.7 Å². The number of ether oxygens (including phenoxy) is 1. The molecule has 1 unspecified atom stereocenters. The van der Waals surface area contributed by atoms with Gasteiger partial charge in [-0.05, 0) is 62.5 Å². The minimum atomic E-state index is -1.50. The first-order valence-corrected chi connectivity index (χ1v) is 10.1. The van der Waals surface area contributed by atoms with E-state index < -0.39 is 23.4 Å². The molecule has 0 radical (unpaired) electrons. The van der Waals surface area contributed by atoms with E-state index in [0.717, 1.165) is 24.8 Å². The zero-order valence-corrected chi connectivity index (χ0v) is 16.2. The highest BCUT2D eigenvalue weighted by Gasteiger charge is 2.81. The Balaban J connectivity index is 1.60. The summed E-state index contributed by atoms with van der Waals surface area (Å²) in [5.74, 6) is -0.193. The normalized spacial score (nSPS) is 55.1. The lowest BCUT2D eigenvalue weighted by Gasteiger charge is -2.55. The molecule has 1 heterocycles. The first-order valence-electron chi connectivity index (χ1n) is 10.1. The molecule has 1 saturated heterocycles. The van der Waals surface area contributed by atoms with E-state index in [2.05, 4.69) is 6.92 Å². The van der Waals surface area contributed by atoms with Gasteiger partial charge in [-0.25, -0.2) is 0 Å². The summed E-state index contributed by atoms with van der Waals surface area (Å²) in [6, 6.07) is 0. The topological polar surface area (TPSA) is 87.1 Å². The second-order valence-corrected chi connectivity index (χ2v) is 9.86. The molecule has 2 N–H and O–H groups in total. The van der Waals surface area contributed by atoms with E-state index >= 15 is 0 Å². The molecule has 5 heteroatoms. The first-order chi connectivity index (χ1) is 12.6. The minimum absolute atomic E-state index is 0.0291. The molecule has 4 fully saturated rings. The van der Waals surface area contributed by atoms with Crippen molar-refractivity contribution < 1.29 is 24.5 Å². The van der Waals surface area contributed by atoms with E-state index in [1.165, 1.54) is 0 Å². The van der Waals surface area contributed by atoms with Crippen LogP contribution in [0.5, 0.6) is 0 Å². The Kier molecular flexibility index (Phi) is 3.29. The van der Waals surface area contributed by atoms with Crippen LogP contribution in [0.4, 0.5) is 0 Å². The Morgan fingerprint density at radius 1 is 1.33 bits per heavy atom. The van der Waals surface area contributed by atoms with Gasteiger partial charge in [0, 0.05) is 10.8 Å². The fraction of sp³-hybridized carbons (Fsp3) is 0.727. The molecule has 3 saturated carbocycles. The molecule has 4 aliphatic carbocycles. The monoisotopic (exact) mass is 372 g/mol. The van der Waals surface area contributed by atoms with Gasteiger partial charge in [0.25, 0.3) is 0 Å². The summed E-state index contributed by atoms with van der Waals surface area (Å²) in [5.41, 5.74) is -1.55. The lowest BCUT2D eigenvalue weighted by molar-refractivity contribution is -0.165. The standard InChI is InChI=1S/C22H28O5/c1-12-8-16-15-5-4-13-9-14(24)6-7-19(13,2)22(15)18(27-22)10-20(16,3)21(12,26)17(25)11-23/h6-7,9,12,15-16,18,23,26H,4-5,8,10-11H2,1-3H3/t12-,15+,16+,18+,19?,20+,21-,22+/m1/s1. The molecule has 0 amide bonds. The number of hydrogen-bond acceptors (Lipinski definition) is 5. The predicted molar refractivity (Wildman–Crippen MR) is 97.7 cm³/mol. The van der Waals surface area contributed by atoms with Gasteiger partial charge in [0.15, 0.2) is 11.6 Å². The number of rotatable bonds is 2. The van der Waals surface area contributed by atoms with Gasteiger partial charge in [-0.3, -0.25) is 9.59 Å². The Labute approximate surface area is 159 Å². The maximum atomic E-state index is 12.6. The second kappa shape index (κ2) is 5.00. The smallest absolute Gasteiger partial charge is 0.190 e. The predicted octanol–water partition coefficient (Wildman–Crippen LogP) is 1.96. The van der Waals surface area contributed by atoms with Crippen LogP contribution in [0.15, 0.2) is 23.8 Å². The summed E-state index contributed by atoms with van der Waals surface area (Å²) in [4.78, 5) is 24.5. The quantitative estimate of drug-likeness (QED) is 0.724. The highest BCUT2D eigenvalue weighted by atomic mass is 16.6. The van der Waals surface area contributed by atoms with Crippen molar-refractivity contribution in [2.75, 3.05) is 6.61 Å². The Morgan fingerprint density at radius 2 is 2.07 bits per heavy atom. The molecule has 0 aromatic rings. The van der Waals surface area contributed by atoms with Crippen LogP contribution in [0.1, 0.15) is 46.5 Å². The molecule has 5 aliphatic rings. The van der Waals surface area contributed by atoms with E-state index in [9.17, 15) is 19.8 Å². The van der Waals surface area contributed by atoms with Crippen LogP contribution in [0.2, 0.25) is 0 Å². The van der Waals surface area contributed by atoms with Crippen molar-refractivity contribution in [3.05, 3.63) is 23.8 Å². The van der Waals surface area contributed by atoms with Crippen molar-refractivity contribution in [3.8, 4) is 0 Å². The molecule has 1 aliphatic heterocycles. The van der Waals surface area contributed by atoms with Gasteiger partial charge in [0.05, 0.1) is 6.10 Å². The van der Waals surface area contributed by atoms with Gasteiger partial charge in [0.2, 0.25) is 0 Å². The van der Waals surface area contributed by atoms with Crippen molar-refractivity contribution in [3.63, 3.8) is 0 Å². The summed E-state index contributed by atoms with van der Waals surface area (Å²) in [5, 5.41) is 21.0. The summed E-state index contributed by atoms with van der Waals surface area (Å²) in [6.07, 6.45) is 8.58. The van der Waals surface area contributed by atoms with Crippen molar-refractivity contribution in [1.29, 1.82) is 0 Å². The molecule has 0 aromatic carbocycles. The number of ketones is 2. The first kappa shape index (κ1) is 17.8. The third-order valence-corrected chi connectivity index (χ3v) is 9.08. The number of aliphatic hydroxyl groups is 2. The molecule has 5 nitrogen and oxygen atoms in total. The molecule has 0 bridgehead atoms. The number of hydrogen-bond donors (Lipinski definition) is 2. The minimum Gasteiger partial charge on any atom is -0.388 e. The van der Waals surface area contributed by atoms with Crippen LogP contribution in [0.3, 0.4) is 0 Å². The summed E-state index contributed by atoms with van der Waals surface area (Å²) < 4.78 is 6.43. The van der Waals surface area contributed by atoms with Gasteiger partial charge in [0.1, 0.15) is 17.8 Å². The van der Waals surface area contributed by atoms with Gasteiger partial charge < -0.3 is 14.9 Å². The number of carbonyl (C=O) groups excluding carboxylic acids is 2. The number of aliphatic hydroxyl groups excluding tert-OH is 1. The van der Waals surface area contributed by atoms with E-state index in [-0.39, 0.29) is 40.7 Å². The largest absolute Gasteiger partial charge is 0.388 e. The Bertz CT molecular complexity index is 814. The van der Waals surface area contributed by atoms with Gasteiger partial charge in [-0.1, -0.05) is 25.5 Å². The zero-order chi connectivity index (χ0) is 19.4. The Morgan fingerprint density at radius 3 is 2.78 bits per heavy atom. The third-order valence-electron chi connectivity index (χ3n) is 9.08. The number of carbonyl (C=O) groups is 2. The van der Waals surface area contributed by atoms with Crippen LogP contribution < -0.4 is 0 Å². The third kappa shape index (κ3) is 1.73. The van der Waals surface area contributed by atoms with Gasteiger partial charge in [-0.2, -0.15) is 0 Å². The van der Waals surface area contributed by atoms with Gasteiger partial charge in [-0.15, -0.1) is 0 Å². The number of fused-ring (bicyclic) bond motifs is 3. The highest BCUT2D eigenvalue weighted by Crippen LogP contribution is 2.76. The fourth-order valence-electron chi connectivity index (χ4n) is 7.70. The van der Waals surface area contributed by atoms with Crippen molar-refractivity contribution >= 4 is 11.6 Å². The molecular weight excluding hydrogens is 344 g/mol. The lowest BCUT2D eigenvalue weighted by atomic mass is 9.46. The molecule has 8 atom stereocenters. The maximum absolute atomic E-state index is 12.6. The molecule has 146 valence electrons. The SMILES string of the molecule is C[C@@H]1C[C@H]2[C@@H]3CCC4=CC(=O)C=CC4(C)[C@]34O[C@H]4C[C@]2(C)[C@]1(O)C(=O)CO. The zero-order valence-electron chi connectivity index (χ0n) is 16.2. The van der Waals surface area contributed by atoms with Crippen molar-refractivity contribution in [1.82, 2.24) is 0 Å². The van der Waals surface area contributed by atoms with Crippen LogP contribution in [-0.2, 0) is 14.3 Å². The molecule has 5 rings (SSSR count). The second-order valence-electron chi connectivity index (χ2n) is 9.86. The highest BCUT2D eigenvalue weighted by molar-refractivity contribution is 6.01. The maximum Gasteiger partial charge on any atom is 0.190 e. The molecule has 1 spiro atoms. The molecule has 0 aromatic heterocycles. The average Bonchev–Trinajstić information content (AvgIpc) is 3.31. The summed E-state index contributed by atoms with van der Waals surface area (Å²) >= 11 is 0. The Hall–Kier alpha value is -1.30. The van der Waals surface area contributed by atoms with E-state index in [4.69, 9.17) is 4.74 Å². The fourth-order valence-corrected chi connectivity index (χ4v) is 7.70. The number of allylic oxidation sites excluding steroid dienone is 2. The van der Waals surface area contributed by atoms with Gasteiger partial charge >= 0.3 is 0 Å². The van der Waals surface area contributed by atoms with E-state index in [1.54, 1.807) is 12.2 Å².